The van der Waals surface area contributed by atoms with Gasteiger partial charge in [0, 0.05) is 20.2 Å². The molecule has 3 heteroatoms. The Hall–Kier alpha value is -0.930. The maximum absolute atomic E-state index is 12.2. The molecule has 0 spiro atoms. The number of methoxy groups -OCH3 is 1. The van der Waals surface area contributed by atoms with Gasteiger partial charge in [0.25, 0.3) is 0 Å². The Bertz CT molecular complexity index is 236. The molecule has 0 aliphatic heterocycles. The highest BCUT2D eigenvalue weighted by Crippen LogP contribution is 1.97. The number of nitrogens with one attached hydrogen (secondary N) is 1. The lowest BCUT2D eigenvalue weighted by molar-refractivity contribution is 0.0788. The lowest BCUT2D eigenvalue weighted by Crippen LogP contribution is -2.29. The molecule has 0 bridgehead atoms. The minimum absolute atomic E-state index is 0.335. The standard InChI is InChI=1S/C11H16FNO/c1-14-11(7-12)9-13-8-10-5-3-2-4-6-10/h2-6,11,13H,7-9H2,1H3/t11-/m1/s1. The average Bonchev–Trinajstić information content (AvgIpc) is 2.26. The maximum atomic E-state index is 12.2. The van der Waals surface area contributed by atoms with Crippen molar-refractivity contribution in [1.82, 2.24) is 5.32 Å². The van der Waals surface area contributed by atoms with E-state index < -0.39 is 6.67 Å². The molecule has 0 saturated carbocycles. The molecule has 1 atom stereocenters. The molecule has 0 saturated heterocycles. The van der Waals surface area contributed by atoms with Gasteiger partial charge in [0.05, 0.1) is 6.10 Å². The SMILES string of the molecule is CO[C@H](CF)CNCc1ccccc1. The third-order valence-electron chi connectivity index (χ3n) is 2.05. The highest BCUT2D eigenvalue weighted by atomic mass is 19.1. The van der Waals surface area contributed by atoms with Crippen LogP contribution in [0.3, 0.4) is 0 Å². The van der Waals surface area contributed by atoms with Gasteiger partial charge >= 0.3 is 0 Å². The summed E-state index contributed by atoms with van der Waals surface area (Å²) in [7, 11) is 1.52. The van der Waals surface area contributed by atoms with Crippen LogP contribution in [0.1, 0.15) is 5.56 Å². The summed E-state index contributed by atoms with van der Waals surface area (Å²) in [5.41, 5.74) is 1.20. The van der Waals surface area contributed by atoms with Crippen molar-refractivity contribution in [2.75, 3.05) is 20.3 Å². The van der Waals surface area contributed by atoms with E-state index in [1.54, 1.807) is 0 Å². The number of hydrogen-bond acceptors (Lipinski definition) is 2. The normalized spacial score (nSPS) is 12.7. The zero-order chi connectivity index (χ0) is 10.2. The predicted octanol–water partition coefficient (Wildman–Crippen LogP) is 1.76. The molecule has 14 heavy (non-hydrogen) atoms. The minimum Gasteiger partial charge on any atom is -0.377 e. The first-order chi connectivity index (χ1) is 6.86. The summed E-state index contributed by atoms with van der Waals surface area (Å²) in [6.45, 7) is 0.848. The van der Waals surface area contributed by atoms with E-state index in [0.717, 1.165) is 6.54 Å². The van der Waals surface area contributed by atoms with Gasteiger partial charge in [-0.25, -0.2) is 4.39 Å². The molecule has 0 aliphatic carbocycles. The quantitative estimate of drug-likeness (QED) is 0.750. The Morgan fingerprint density at radius 2 is 2.07 bits per heavy atom. The van der Waals surface area contributed by atoms with Crippen molar-refractivity contribution in [1.29, 1.82) is 0 Å². The van der Waals surface area contributed by atoms with Crippen molar-refractivity contribution >= 4 is 0 Å². The third kappa shape index (κ3) is 3.85. The topological polar surface area (TPSA) is 21.3 Å². The van der Waals surface area contributed by atoms with Gasteiger partial charge in [0.2, 0.25) is 0 Å². The van der Waals surface area contributed by atoms with E-state index in [0.29, 0.717) is 6.54 Å². The molecule has 1 aromatic rings. The summed E-state index contributed by atoms with van der Waals surface area (Å²) in [6, 6.07) is 10.0. The highest BCUT2D eigenvalue weighted by Gasteiger charge is 2.04. The summed E-state index contributed by atoms with van der Waals surface area (Å²) in [4.78, 5) is 0. The van der Waals surface area contributed by atoms with Crippen LogP contribution in [0.5, 0.6) is 0 Å². The summed E-state index contributed by atoms with van der Waals surface area (Å²) in [6.07, 6.45) is -0.335. The van der Waals surface area contributed by atoms with E-state index in [1.807, 2.05) is 30.3 Å². The smallest absolute Gasteiger partial charge is 0.117 e. The molecular weight excluding hydrogens is 181 g/mol. The van der Waals surface area contributed by atoms with Gasteiger partial charge in [-0.2, -0.15) is 0 Å². The average molecular weight is 197 g/mol. The van der Waals surface area contributed by atoms with Crippen LogP contribution in [0, 0.1) is 0 Å². The van der Waals surface area contributed by atoms with Crippen LogP contribution in [0.2, 0.25) is 0 Å². The highest BCUT2D eigenvalue weighted by molar-refractivity contribution is 5.14. The summed E-state index contributed by atoms with van der Waals surface area (Å²) < 4.78 is 17.1. The molecular formula is C11H16FNO. The van der Waals surface area contributed by atoms with Crippen molar-refractivity contribution in [3.8, 4) is 0 Å². The van der Waals surface area contributed by atoms with Gasteiger partial charge in [-0.3, -0.25) is 0 Å². The molecule has 0 heterocycles. The Kier molecular flexibility index (Phi) is 5.19. The maximum Gasteiger partial charge on any atom is 0.117 e. The molecule has 0 unspecified atom stereocenters. The van der Waals surface area contributed by atoms with Gasteiger partial charge in [0.1, 0.15) is 6.67 Å². The monoisotopic (exact) mass is 197 g/mol. The molecule has 0 radical (unpaired) electrons. The van der Waals surface area contributed by atoms with Crippen molar-refractivity contribution < 1.29 is 9.13 Å². The third-order valence-corrected chi connectivity index (χ3v) is 2.05. The molecule has 2 nitrogen and oxygen atoms in total. The predicted molar refractivity (Wildman–Crippen MR) is 54.9 cm³/mol. The van der Waals surface area contributed by atoms with E-state index in [2.05, 4.69) is 5.32 Å². The molecule has 78 valence electrons. The van der Waals surface area contributed by atoms with E-state index in [4.69, 9.17) is 4.74 Å². The van der Waals surface area contributed by atoms with Crippen LogP contribution >= 0.6 is 0 Å². The zero-order valence-corrected chi connectivity index (χ0v) is 8.37. The lowest BCUT2D eigenvalue weighted by Gasteiger charge is -2.11. The fourth-order valence-electron chi connectivity index (χ4n) is 1.17. The lowest BCUT2D eigenvalue weighted by atomic mass is 10.2. The Labute approximate surface area is 84.1 Å². The van der Waals surface area contributed by atoms with Gasteiger partial charge in [-0.05, 0) is 5.56 Å². The molecule has 0 fully saturated rings. The fraction of sp³-hybridized carbons (Fsp3) is 0.455. The number of halogens is 1. The van der Waals surface area contributed by atoms with Gasteiger partial charge in [-0.1, -0.05) is 30.3 Å². The first-order valence-corrected chi connectivity index (χ1v) is 4.70. The first kappa shape index (κ1) is 11.1. The van der Waals surface area contributed by atoms with Gasteiger partial charge < -0.3 is 10.1 Å². The zero-order valence-electron chi connectivity index (χ0n) is 8.37. The summed E-state index contributed by atoms with van der Waals surface area (Å²) >= 11 is 0. The molecule has 1 N–H and O–H groups in total. The van der Waals surface area contributed by atoms with Crippen molar-refractivity contribution in [3.63, 3.8) is 0 Å². The summed E-state index contributed by atoms with van der Waals surface area (Å²) in [5.74, 6) is 0. The second kappa shape index (κ2) is 6.51. The fourth-order valence-corrected chi connectivity index (χ4v) is 1.17. The molecule has 0 amide bonds. The van der Waals surface area contributed by atoms with Crippen LogP contribution < -0.4 is 5.32 Å². The molecule has 1 rings (SSSR count). The van der Waals surface area contributed by atoms with Crippen LogP contribution in [0.25, 0.3) is 0 Å². The largest absolute Gasteiger partial charge is 0.377 e. The van der Waals surface area contributed by atoms with Crippen LogP contribution in [-0.4, -0.2) is 26.4 Å². The van der Waals surface area contributed by atoms with E-state index in [1.165, 1.54) is 12.7 Å². The Morgan fingerprint density at radius 1 is 1.36 bits per heavy atom. The molecule has 1 aromatic carbocycles. The molecule has 0 aliphatic rings. The number of hydrogen-bond donors (Lipinski definition) is 1. The van der Waals surface area contributed by atoms with Gasteiger partial charge in [0.15, 0.2) is 0 Å². The second-order valence-electron chi connectivity index (χ2n) is 3.13. The van der Waals surface area contributed by atoms with Crippen LogP contribution in [0.15, 0.2) is 30.3 Å². The second-order valence-corrected chi connectivity index (χ2v) is 3.13. The van der Waals surface area contributed by atoms with Gasteiger partial charge in [-0.15, -0.1) is 0 Å². The number of alkyl halides is 1. The van der Waals surface area contributed by atoms with E-state index >= 15 is 0 Å². The molecule has 0 aromatic heterocycles. The number of rotatable bonds is 6. The Balaban J connectivity index is 2.21. The van der Waals surface area contributed by atoms with Crippen molar-refractivity contribution in [2.24, 2.45) is 0 Å². The number of benzene rings is 1. The number of ether oxygens (including phenoxy) is 1. The first-order valence-electron chi connectivity index (χ1n) is 4.70. The van der Waals surface area contributed by atoms with Crippen molar-refractivity contribution in [2.45, 2.75) is 12.6 Å². The minimum atomic E-state index is -0.446. The van der Waals surface area contributed by atoms with E-state index in [9.17, 15) is 4.39 Å². The van der Waals surface area contributed by atoms with Crippen LogP contribution in [-0.2, 0) is 11.3 Å². The van der Waals surface area contributed by atoms with Crippen LogP contribution in [0.4, 0.5) is 4.39 Å². The Morgan fingerprint density at radius 3 is 2.64 bits per heavy atom. The van der Waals surface area contributed by atoms with E-state index in [-0.39, 0.29) is 6.10 Å². The summed E-state index contributed by atoms with van der Waals surface area (Å²) in [5, 5.41) is 3.14. The van der Waals surface area contributed by atoms with Crippen molar-refractivity contribution in [3.05, 3.63) is 35.9 Å².